The molecule has 6 heteroatoms. The van der Waals surface area contributed by atoms with Gasteiger partial charge in [-0.2, -0.15) is 4.98 Å². The Morgan fingerprint density at radius 3 is 2.59 bits per heavy atom. The summed E-state index contributed by atoms with van der Waals surface area (Å²) in [7, 11) is 5.33. The Hall–Kier alpha value is -2.86. The minimum atomic E-state index is 0.557. The van der Waals surface area contributed by atoms with Gasteiger partial charge < -0.3 is 14.0 Å². The summed E-state index contributed by atoms with van der Waals surface area (Å²) in [5.74, 6) is 2.73. The number of hydrogen-bond acceptors (Lipinski definition) is 6. The molecule has 27 heavy (non-hydrogen) atoms. The van der Waals surface area contributed by atoms with Gasteiger partial charge in [0.25, 0.3) is 5.89 Å². The van der Waals surface area contributed by atoms with Crippen molar-refractivity contribution in [3.8, 4) is 23.0 Å². The zero-order valence-corrected chi connectivity index (χ0v) is 16.2. The molecule has 142 valence electrons. The van der Waals surface area contributed by atoms with Crippen LogP contribution in [0.3, 0.4) is 0 Å². The maximum absolute atomic E-state index is 5.41. The van der Waals surface area contributed by atoms with Crippen LogP contribution in [0.4, 0.5) is 0 Å². The van der Waals surface area contributed by atoms with Crippen LogP contribution in [0.15, 0.2) is 47.0 Å². The third-order valence-corrected chi connectivity index (χ3v) is 4.37. The Morgan fingerprint density at radius 2 is 1.85 bits per heavy atom. The summed E-state index contributed by atoms with van der Waals surface area (Å²) < 4.78 is 16.0. The summed E-state index contributed by atoms with van der Waals surface area (Å²) in [6, 6.07) is 14.0. The molecular weight excluding hydrogens is 342 g/mol. The topological polar surface area (TPSA) is 60.6 Å². The van der Waals surface area contributed by atoms with E-state index < -0.39 is 0 Å². The highest BCUT2D eigenvalue weighted by atomic mass is 16.5. The predicted octanol–water partition coefficient (Wildman–Crippen LogP) is 3.74. The number of methoxy groups -OCH3 is 2. The van der Waals surface area contributed by atoms with Gasteiger partial charge in [0.2, 0.25) is 0 Å². The molecule has 0 aliphatic rings. The molecule has 0 bridgehead atoms. The van der Waals surface area contributed by atoms with Crippen molar-refractivity contribution in [2.24, 2.45) is 0 Å². The molecule has 0 saturated heterocycles. The molecule has 0 N–H and O–H groups in total. The third-order valence-electron chi connectivity index (χ3n) is 4.37. The average molecular weight is 367 g/mol. The Balaban J connectivity index is 1.58. The molecule has 2 aromatic carbocycles. The number of rotatable bonds is 8. The van der Waals surface area contributed by atoms with Gasteiger partial charge in [-0.15, -0.1) is 0 Å². The largest absolute Gasteiger partial charge is 0.493 e. The van der Waals surface area contributed by atoms with Gasteiger partial charge in [0.1, 0.15) is 0 Å². The smallest absolute Gasteiger partial charge is 0.257 e. The van der Waals surface area contributed by atoms with Crippen LogP contribution >= 0.6 is 0 Å². The van der Waals surface area contributed by atoms with E-state index in [2.05, 4.69) is 21.1 Å². The molecule has 1 aromatic heterocycles. The van der Waals surface area contributed by atoms with Crippen molar-refractivity contribution >= 4 is 0 Å². The van der Waals surface area contributed by atoms with E-state index in [1.807, 2.05) is 50.4 Å². The van der Waals surface area contributed by atoms with E-state index in [0.29, 0.717) is 18.3 Å². The second-order valence-electron chi connectivity index (χ2n) is 6.56. The fraction of sp³-hybridized carbons (Fsp3) is 0.333. The average Bonchev–Trinajstić information content (AvgIpc) is 3.14. The second kappa shape index (κ2) is 8.68. The summed E-state index contributed by atoms with van der Waals surface area (Å²) in [5.41, 5.74) is 3.30. The lowest BCUT2D eigenvalue weighted by molar-refractivity contribution is 0.312. The van der Waals surface area contributed by atoms with E-state index in [1.165, 1.54) is 11.1 Å². The normalized spacial score (nSPS) is 11.0. The summed E-state index contributed by atoms with van der Waals surface area (Å²) in [6.07, 6.45) is 0.888. The van der Waals surface area contributed by atoms with Crippen LogP contribution < -0.4 is 9.47 Å². The standard InChI is InChI=1S/C21H25N3O3/c1-15-6-5-7-17(12-15)21-22-20(23-27-21)14-24(2)11-10-16-8-9-18(25-3)19(13-16)26-4/h5-9,12-13H,10-11,14H2,1-4H3. The zero-order chi connectivity index (χ0) is 19.2. The first kappa shape index (κ1) is 18.9. The van der Waals surface area contributed by atoms with Gasteiger partial charge in [0.15, 0.2) is 17.3 Å². The lowest BCUT2D eigenvalue weighted by atomic mass is 10.1. The van der Waals surface area contributed by atoms with Gasteiger partial charge >= 0.3 is 0 Å². The van der Waals surface area contributed by atoms with Crippen LogP contribution in [-0.4, -0.2) is 42.9 Å². The van der Waals surface area contributed by atoms with Crippen molar-refractivity contribution in [1.29, 1.82) is 0 Å². The number of hydrogen-bond donors (Lipinski definition) is 0. The molecule has 6 nitrogen and oxygen atoms in total. The van der Waals surface area contributed by atoms with Crippen molar-refractivity contribution in [1.82, 2.24) is 15.0 Å². The highest BCUT2D eigenvalue weighted by molar-refractivity contribution is 5.53. The first-order valence-electron chi connectivity index (χ1n) is 8.88. The molecule has 0 aliphatic heterocycles. The number of aromatic nitrogens is 2. The monoisotopic (exact) mass is 367 g/mol. The lowest BCUT2D eigenvalue weighted by Gasteiger charge is -2.15. The maximum Gasteiger partial charge on any atom is 0.257 e. The molecule has 3 aromatic rings. The molecule has 0 saturated carbocycles. The first-order valence-corrected chi connectivity index (χ1v) is 8.88. The molecule has 0 fully saturated rings. The van der Waals surface area contributed by atoms with Crippen LogP contribution in [0.5, 0.6) is 11.5 Å². The fourth-order valence-electron chi connectivity index (χ4n) is 2.89. The number of benzene rings is 2. The van der Waals surface area contributed by atoms with Crippen LogP contribution in [0, 0.1) is 6.92 Å². The highest BCUT2D eigenvalue weighted by Crippen LogP contribution is 2.27. The quantitative estimate of drug-likeness (QED) is 0.604. The van der Waals surface area contributed by atoms with E-state index in [1.54, 1.807) is 14.2 Å². The Labute approximate surface area is 159 Å². The van der Waals surface area contributed by atoms with Crippen molar-refractivity contribution < 1.29 is 14.0 Å². The number of aryl methyl sites for hydroxylation is 1. The first-order chi connectivity index (χ1) is 13.1. The molecule has 0 spiro atoms. The fourth-order valence-corrected chi connectivity index (χ4v) is 2.89. The molecule has 0 radical (unpaired) electrons. The van der Waals surface area contributed by atoms with Gasteiger partial charge in [-0.1, -0.05) is 28.9 Å². The minimum absolute atomic E-state index is 0.557. The predicted molar refractivity (Wildman–Crippen MR) is 104 cm³/mol. The highest BCUT2D eigenvalue weighted by Gasteiger charge is 2.11. The van der Waals surface area contributed by atoms with Crippen molar-refractivity contribution in [3.63, 3.8) is 0 Å². The Kier molecular flexibility index (Phi) is 6.08. The summed E-state index contributed by atoms with van der Waals surface area (Å²) in [6.45, 7) is 3.54. The molecule has 3 rings (SSSR count). The Bertz CT molecular complexity index is 892. The van der Waals surface area contributed by atoms with Crippen molar-refractivity contribution in [2.45, 2.75) is 19.9 Å². The third kappa shape index (κ3) is 4.86. The second-order valence-corrected chi connectivity index (χ2v) is 6.56. The number of likely N-dealkylation sites (N-methyl/N-ethyl adjacent to an activating group) is 1. The molecule has 1 heterocycles. The van der Waals surface area contributed by atoms with Crippen LogP contribution in [0.2, 0.25) is 0 Å². The zero-order valence-electron chi connectivity index (χ0n) is 16.2. The summed E-state index contributed by atoms with van der Waals surface area (Å²) in [5, 5.41) is 4.10. The van der Waals surface area contributed by atoms with E-state index in [9.17, 15) is 0 Å². The molecule has 0 unspecified atom stereocenters. The molecule has 0 aliphatic carbocycles. The minimum Gasteiger partial charge on any atom is -0.493 e. The van der Waals surface area contributed by atoms with Crippen molar-refractivity contribution in [2.75, 3.05) is 27.8 Å². The van der Waals surface area contributed by atoms with Gasteiger partial charge in [-0.05, 0) is 50.2 Å². The van der Waals surface area contributed by atoms with Gasteiger partial charge in [-0.25, -0.2) is 0 Å². The van der Waals surface area contributed by atoms with Gasteiger partial charge in [0.05, 0.1) is 20.8 Å². The van der Waals surface area contributed by atoms with E-state index in [0.717, 1.165) is 30.0 Å². The van der Waals surface area contributed by atoms with Gasteiger partial charge in [0, 0.05) is 12.1 Å². The number of nitrogens with zero attached hydrogens (tertiary/aromatic N) is 3. The van der Waals surface area contributed by atoms with E-state index in [4.69, 9.17) is 14.0 Å². The van der Waals surface area contributed by atoms with Crippen LogP contribution in [-0.2, 0) is 13.0 Å². The van der Waals surface area contributed by atoms with Crippen molar-refractivity contribution in [3.05, 3.63) is 59.4 Å². The molecular formula is C21H25N3O3. The Morgan fingerprint density at radius 1 is 1.04 bits per heavy atom. The maximum atomic E-state index is 5.41. The summed E-state index contributed by atoms with van der Waals surface area (Å²) in [4.78, 5) is 6.68. The van der Waals surface area contributed by atoms with E-state index >= 15 is 0 Å². The molecule has 0 amide bonds. The van der Waals surface area contributed by atoms with E-state index in [-0.39, 0.29) is 0 Å². The molecule has 0 atom stereocenters. The SMILES string of the molecule is COc1ccc(CCN(C)Cc2noc(-c3cccc(C)c3)n2)cc1OC. The number of ether oxygens (including phenoxy) is 2. The summed E-state index contributed by atoms with van der Waals surface area (Å²) >= 11 is 0. The van der Waals surface area contributed by atoms with Crippen LogP contribution in [0.25, 0.3) is 11.5 Å². The van der Waals surface area contributed by atoms with Crippen LogP contribution in [0.1, 0.15) is 17.0 Å². The van der Waals surface area contributed by atoms with Gasteiger partial charge in [-0.3, -0.25) is 4.90 Å². The lowest BCUT2D eigenvalue weighted by Crippen LogP contribution is -2.21.